The molecule has 0 radical (unpaired) electrons. The van der Waals surface area contributed by atoms with Crippen LogP contribution in [0.25, 0.3) is 16.9 Å². The van der Waals surface area contributed by atoms with Gasteiger partial charge in [-0.3, -0.25) is 14.4 Å². The van der Waals surface area contributed by atoms with Crippen LogP contribution in [0.1, 0.15) is 22.3 Å². The van der Waals surface area contributed by atoms with Gasteiger partial charge in [-0.2, -0.15) is 19.0 Å². The van der Waals surface area contributed by atoms with Crippen LogP contribution in [0.3, 0.4) is 0 Å². The van der Waals surface area contributed by atoms with Crippen LogP contribution in [-0.4, -0.2) is 66.1 Å². The van der Waals surface area contributed by atoms with Crippen molar-refractivity contribution in [3.63, 3.8) is 0 Å². The maximum atomic E-state index is 13.3. The molecule has 1 saturated heterocycles. The molecule has 1 unspecified atom stereocenters. The Morgan fingerprint density at radius 2 is 2.00 bits per heavy atom. The van der Waals surface area contributed by atoms with E-state index in [2.05, 4.69) is 25.4 Å². The minimum atomic E-state index is -3.08. The Morgan fingerprint density at radius 1 is 1.19 bits per heavy atom. The number of aryl methyl sites for hydroxylation is 1. The summed E-state index contributed by atoms with van der Waals surface area (Å²) in [5.41, 5.74) is 2.35. The van der Waals surface area contributed by atoms with E-state index in [4.69, 9.17) is 9.47 Å². The van der Waals surface area contributed by atoms with Crippen molar-refractivity contribution in [3.05, 3.63) is 84.4 Å². The van der Waals surface area contributed by atoms with Crippen LogP contribution in [0.15, 0.2) is 73.3 Å². The number of hydrogen-bond donors (Lipinski definition) is 2. The van der Waals surface area contributed by atoms with Crippen LogP contribution in [0.4, 0.5) is 14.5 Å². The zero-order chi connectivity index (χ0) is 29.2. The molecule has 0 aliphatic carbocycles. The number of aromatic nitrogens is 5. The number of benzene rings is 2. The highest BCUT2D eigenvalue weighted by Crippen LogP contribution is 2.39. The van der Waals surface area contributed by atoms with Crippen LogP contribution in [0.5, 0.6) is 17.2 Å². The maximum absolute atomic E-state index is 13.3. The van der Waals surface area contributed by atoms with E-state index in [1.54, 1.807) is 31.7 Å². The highest BCUT2D eigenvalue weighted by Gasteiger charge is 2.27. The summed E-state index contributed by atoms with van der Waals surface area (Å²) in [5.74, 6) is 0.278. The van der Waals surface area contributed by atoms with Crippen molar-refractivity contribution in [2.24, 2.45) is 7.05 Å². The van der Waals surface area contributed by atoms with Crippen LogP contribution >= 0.6 is 0 Å². The van der Waals surface area contributed by atoms with Crippen molar-refractivity contribution in [1.82, 2.24) is 29.3 Å². The van der Waals surface area contributed by atoms with Gasteiger partial charge in [0.15, 0.2) is 5.65 Å². The molecule has 1 atom stereocenters. The third-order valence-corrected chi connectivity index (χ3v) is 7.04. The highest BCUT2D eigenvalue weighted by molar-refractivity contribution is 6.09. The van der Waals surface area contributed by atoms with Gasteiger partial charge in [0.25, 0.3) is 5.91 Å². The molecule has 0 spiro atoms. The summed E-state index contributed by atoms with van der Waals surface area (Å²) in [6.45, 7) is -1.25. The zero-order valence-corrected chi connectivity index (χ0v) is 22.5. The Bertz CT molecular complexity index is 1720. The fourth-order valence-electron chi connectivity index (χ4n) is 4.85. The number of ether oxygens (including phenoxy) is 2. The number of carbonyl (C=O) groups is 1. The molecule has 13 heteroatoms. The number of carbonyl (C=O) groups excluding carboxylic acids is 1. The van der Waals surface area contributed by atoms with E-state index in [-0.39, 0.29) is 40.9 Å². The molecule has 2 N–H and O–H groups in total. The second kappa shape index (κ2) is 11.5. The van der Waals surface area contributed by atoms with Gasteiger partial charge in [-0.15, -0.1) is 0 Å². The van der Waals surface area contributed by atoms with Crippen molar-refractivity contribution in [1.29, 1.82) is 0 Å². The largest absolute Gasteiger partial charge is 0.457 e. The van der Waals surface area contributed by atoms with Gasteiger partial charge >= 0.3 is 6.61 Å². The summed E-state index contributed by atoms with van der Waals surface area (Å²) in [4.78, 5) is 19.6. The fraction of sp³-hybridized carbons (Fsp3) is 0.241. The van der Waals surface area contributed by atoms with Crippen molar-refractivity contribution in [3.8, 4) is 28.5 Å². The molecular formula is C29H27F2N7O4. The average Bonchev–Trinajstić information content (AvgIpc) is 3.56. The average molecular weight is 576 g/mol. The van der Waals surface area contributed by atoms with Crippen molar-refractivity contribution in [2.45, 2.75) is 25.6 Å². The van der Waals surface area contributed by atoms with E-state index in [9.17, 15) is 18.7 Å². The molecule has 3 aromatic heterocycles. The number of nitrogens with zero attached hydrogens (tertiary/aromatic N) is 6. The molecule has 6 rings (SSSR count). The van der Waals surface area contributed by atoms with Gasteiger partial charge in [0.2, 0.25) is 0 Å². The first kappa shape index (κ1) is 27.3. The number of likely N-dealkylation sites (tertiary alicyclic amines) is 1. The molecule has 1 aliphatic heterocycles. The topological polar surface area (TPSA) is 119 Å². The molecule has 1 fully saturated rings. The Balaban J connectivity index is 1.26. The normalized spacial score (nSPS) is 15.1. The number of fused-ring (bicyclic) bond motifs is 1. The van der Waals surface area contributed by atoms with E-state index in [1.165, 1.54) is 33.6 Å². The van der Waals surface area contributed by atoms with E-state index in [1.807, 2.05) is 24.3 Å². The zero-order valence-electron chi connectivity index (χ0n) is 22.5. The van der Waals surface area contributed by atoms with E-state index in [0.717, 1.165) is 25.1 Å². The fourth-order valence-corrected chi connectivity index (χ4v) is 4.85. The summed E-state index contributed by atoms with van der Waals surface area (Å²) < 4.78 is 40.4. The van der Waals surface area contributed by atoms with Gasteiger partial charge in [0.1, 0.15) is 28.5 Å². The second-order valence-electron chi connectivity index (χ2n) is 9.84. The molecule has 5 aromatic rings. The van der Waals surface area contributed by atoms with Crippen LogP contribution in [0.2, 0.25) is 0 Å². The van der Waals surface area contributed by atoms with Crippen molar-refractivity contribution in [2.75, 3.05) is 18.5 Å². The lowest BCUT2D eigenvalue weighted by atomic mass is 10.0. The number of nitrogens with one attached hydrogen (secondary N) is 1. The summed E-state index contributed by atoms with van der Waals surface area (Å²) in [7, 11) is 1.65. The molecule has 4 heterocycles. The van der Waals surface area contributed by atoms with Gasteiger partial charge in [-0.05, 0) is 48.4 Å². The van der Waals surface area contributed by atoms with Gasteiger partial charge in [-0.1, -0.05) is 12.1 Å². The lowest BCUT2D eigenvalue weighted by Crippen LogP contribution is -2.48. The lowest BCUT2D eigenvalue weighted by Gasteiger charge is -2.39. The van der Waals surface area contributed by atoms with E-state index < -0.39 is 12.5 Å². The first-order valence-electron chi connectivity index (χ1n) is 13.2. The summed E-state index contributed by atoms with van der Waals surface area (Å²) in [5, 5.41) is 20.8. The first-order chi connectivity index (χ1) is 20.4. The van der Waals surface area contributed by atoms with Gasteiger partial charge in [0, 0.05) is 44.8 Å². The third-order valence-electron chi connectivity index (χ3n) is 7.04. The SMILES string of the molecule is Cn1cc(NC(=O)c2cnn3cccnc23)c(-c2cc(Oc3ccc(CN4CCC4CO)cc3)ccc2OC(F)F)n1. The van der Waals surface area contributed by atoms with Crippen LogP contribution in [0, 0.1) is 0 Å². The Hall–Kier alpha value is -4.88. The number of amides is 1. The summed E-state index contributed by atoms with van der Waals surface area (Å²) in [6.07, 6.45) is 7.16. The minimum Gasteiger partial charge on any atom is -0.457 e. The monoisotopic (exact) mass is 575 g/mol. The van der Waals surface area contributed by atoms with Gasteiger partial charge in [0.05, 0.1) is 24.1 Å². The van der Waals surface area contributed by atoms with Crippen LogP contribution in [-0.2, 0) is 13.6 Å². The molecular weight excluding hydrogens is 548 g/mol. The summed E-state index contributed by atoms with van der Waals surface area (Å²) in [6, 6.07) is 13.9. The Labute approximate surface area is 238 Å². The van der Waals surface area contributed by atoms with Gasteiger partial charge in [-0.25, -0.2) is 9.50 Å². The second-order valence-corrected chi connectivity index (χ2v) is 9.84. The third kappa shape index (κ3) is 5.64. The summed E-state index contributed by atoms with van der Waals surface area (Å²) >= 11 is 0. The van der Waals surface area contributed by atoms with Crippen molar-refractivity contribution < 1.29 is 28.2 Å². The van der Waals surface area contributed by atoms with Gasteiger partial charge < -0.3 is 19.9 Å². The number of anilines is 1. The predicted molar refractivity (Wildman–Crippen MR) is 149 cm³/mol. The smallest absolute Gasteiger partial charge is 0.387 e. The van der Waals surface area contributed by atoms with Crippen molar-refractivity contribution >= 4 is 17.2 Å². The quantitative estimate of drug-likeness (QED) is 0.253. The maximum Gasteiger partial charge on any atom is 0.387 e. The highest BCUT2D eigenvalue weighted by atomic mass is 19.3. The molecule has 11 nitrogen and oxygen atoms in total. The molecule has 216 valence electrons. The number of hydrogen-bond acceptors (Lipinski definition) is 8. The number of alkyl halides is 2. The predicted octanol–water partition coefficient (Wildman–Crippen LogP) is 4.34. The molecule has 0 bridgehead atoms. The van der Waals surface area contributed by atoms with E-state index >= 15 is 0 Å². The Kier molecular flexibility index (Phi) is 7.50. The minimum absolute atomic E-state index is 0.132. The van der Waals surface area contributed by atoms with E-state index in [0.29, 0.717) is 17.1 Å². The lowest BCUT2D eigenvalue weighted by molar-refractivity contribution is -0.0494. The standard InChI is InChI=1S/C29H27F2N7O4/c1-36-16-24(34-28(40)23-14-33-38-11-2-10-32-27(23)38)26(35-36)22-13-21(7-8-25(22)42-29(30)31)41-20-5-3-18(4-6-20)15-37-12-9-19(37)17-39/h2-8,10-11,13-14,16,19,29,39H,9,12,15,17H2,1H3,(H,34,40). The van der Waals surface area contributed by atoms with Crippen LogP contribution < -0.4 is 14.8 Å². The Morgan fingerprint density at radius 3 is 2.74 bits per heavy atom. The molecule has 0 saturated carbocycles. The molecule has 1 aliphatic rings. The molecule has 1 amide bonds. The molecule has 42 heavy (non-hydrogen) atoms. The number of rotatable bonds is 10. The number of halogens is 2. The molecule has 2 aromatic carbocycles. The number of aliphatic hydroxyl groups is 1. The first-order valence-corrected chi connectivity index (χ1v) is 13.2. The number of aliphatic hydroxyl groups excluding tert-OH is 1.